The van der Waals surface area contributed by atoms with Crippen molar-refractivity contribution in [2.45, 2.75) is 11.3 Å². The molecule has 0 aliphatic heterocycles. The van der Waals surface area contributed by atoms with E-state index in [1.807, 2.05) is 0 Å². The zero-order valence-corrected chi connectivity index (χ0v) is 16.2. The van der Waals surface area contributed by atoms with Crippen molar-refractivity contribution in [1.82, 2.24) is 14.6 Å². The molecule has 1 N–H and O–H groups in total. The first-order valence-corrected chi connectivity index (χ1v) is 9.28. The van der Waals surface area contributed by atoms with Gasteiger partial charge in [0.25, 0.3) is 5.69 Å². The van der Waals surface area contributed by atoms with Gasteiger partial charge in [-0.1, -0.05) is 35.0 Å². The predicted molar refractivity (Wildman–Crippen MR) is 100 cm³/mol. The fraction of sp³-hybridized carbons (Fsp3) is 0.133. The maximum Gasteiger partial charge on any atom is 0.417 e. The second-order valence-corrected chi connectivity index (χ2v) is 7.29. The van der Waals surface area contributed by atoms with Gasteiger partial charge in [-0.2, -0.15) is 13.2 Å². The Bertz CT molecular complexity index is 1120. The highest BCUT2D eigenvalue weighted by Crippen LogP contribution is 2.33. The van der Waals surface area contributed by atoms with Crippen LogP contribution in [0.25, 0.3) is 5.65 Å². The number of thioether (sulfide) groups is 1. The Balaban J connectivity index is 1.78. The average molecular weight is 466 g/mol. The summed E-state index contributed by atoms with van der Waals surface area (Å²) in [6.07, 6.45) is -3.86. The van der Waals surface area contributed by atoms with Crippen LogP contribution in [0.15, 0.2) is 35.6 Å². The Labute approximate surface area is 174 Å². The number of alkyl halides is 3. The Morgan fingerprint density at radius 2 is 2.00 bits per heavy atom. The molecule has 2 aromatic heterocycles. The molecular formula is C15H8Cl2F3N5O3S. The highest BCUT2D eigenvalue weighted by molar-refractivity contribution is 7.99. The number of rotatable bonds is 5. The van der Waals surface area contributed by atoms with E-state index in [4.69, 9.17) is 23.2 Å². The van der Waals surface area contributed by atoms with Crippen molar-refractivity contribution in [3.63, 3.8) is 0 Å². The molecule has 2 heterocycles. The van der Waals surface area contributed by atoms with Crippen LogP contribution in [0.2, 0.25) is 10.0 Å². The molecule has 0 aliphatic rings. The number of nitro groups is 1. The molecule has 3 rings (SSSR count). The monoisotopic (exact) mass is 465 g/mol. The fourth-order valence-corrected chi connectivity index (χ4v) is 3.39. The van der Waals surface area contributed by atoms with Crippen LogP contribution < -0.4 is 5.32 Å². The Kier molecular flexibility index (Phi) is 5.87. The number of hydrogen-bond acceptors (Lipinski definition) is 6. The van der Waals surface area contributed by atoms with E-state index in [0.29, 0.717) is 0 Å². The van der Waals surface area contributed by atoms with E-state index in [0.717, 1.165) is 34.5 Å². The molecule has 0 atom stereocenters. The maximum absolute atomic E-state index is 13.0. The summed E-state index contributed by atoms with van der Waals surface area (Å²) < 4.78 is 39.9. The van der Waals surface area contributed by atoms with Gasteiger partial charge in [-0.05, 0) is 18.2 Å². The summed E-state index contributed by atoms with van der Waals surface area (Å²) in [6, 6.07) is 4.44. The van der Waals surface area contributed by atoms with Crippen molar-refractivity contribution >= 4 is 57.9 Å². The number of hydrogen-bond donors (Lipinski definition) is 1. The van der Waals surface area contributed by atoms with Crippen molar-refractivity contribution in [2.24, 2.45) is 0 Å². The number of carbonyl (C=O) groups is 1. The highest BCUT2D eigenvalue weighted by atomic mass is 35.5. The normalized spacial score (nSPS) is 11.6. The summed E-state index contributed by atoms with van der Waals surface area (Å²) in [7, 11) is 0. The first-order chi connectivity index (χ1) is 13.6. The molecule has 1 amide bonds. The number of amides is 1. The lowest BCUT2D eigenvalue weighted by Crippen LogP contribution is -2.15. The predicted octanol–water partition coefficient (Wildman–Crippen LogP) is 4.69. The van der Waals surface area contributed by atoms with E-state index >= 15 is 0 Å². The van der Waals surface area contributed by atoms with Crippen molar-refractivity contribution in [2.75, 3.05) is 11.1 Å². The molecule has 0 bridgehead atoms. The molecule has 0 unspecified atom stereocenters. The molecule has 0 aliphatic carbocycles. The molecular weight excluding hydrogens is 458 g/mol. The summed E-state index contributed by atoms with van der Waals surface area (Å²) in [4.78, 5) is 22.5. The number of pyridine rings is 1. The van der Waals surface area contributed by atoms with Crippen molar-refractivity contribution < 1.29 is 22.9 Å². The maximum atomic E-state index is 13.0. The van der Waals surface area contributed by atoms with E-state index in [1.54, 1.807) is 0 Å². The smallest absolute Gasteiger partial charge is 0.320 e. The van der Waals surface area contributed by atoms with Crippen LogP contribution in [0.5, 0.6) is 0 Å². The first-order valence-electron chi connectivity index (χ1n) is 7.54. The largest absolute Gasteiger partial charge is 0.417 e. The van der Waals surface area contributed by atoms with Gasteiger partial charge in [0.15, 0.2) is 10.8 Å². The van der Waals surface area contributed by atoms with Gasteiger partial charge in [0.05, 0.1) is 21.3 Å². The number of benzene rings is 1. The minimum Gasteiger partial charge on any atom is -0.320 e. The number of carbonyl (C=O) groups excluding carboxylic acids is 1. The number of nitrogens with one attached hydrogen (secondary N) is 1. The highest BCUT2D eigenvalue weighted by Gasteiger charge is 2.32. The lowest BCUT2D eigenvalue weighted by molar-refractivity contribution is -0.383. The van der Waals surface area contributed by atoms with Crippen LogP contribution in [-0.4, -0.2) is 31.2 Å². The van der Waals surface area contributed by atoms with Gasteiger partial charge in [0.2, 0.25) is 5.91 Å². The zero-order valence-electron chi connectivity index (χ0n) is 13.9. The Morgan fingerprint density at radius 1 is 1.28 bits per heavy atom. The quantitative estimate of drug-likeness (QED) is 0.333. The van der Waals surface area contributed by atoms with Crippen molar-refractivity contribution in [3.05, 3.63) is 56.2 Å². The number of anilines is 1. The van der Waals surface area contributed by atoms with Gasteiger partial charge < -0.3 is 5.32 Å². The second-order valence-electron chi connectivity index (χ2n) is 5.51. The molecule has 152 valence electrons. The van der Waals surface area contributed by atoms with Gasteiger partial charge in [-0.25, -0.2) is 0 Å². The van der Waals surface area contributed by atoms with Gasteiger partial charge in [0.1, 0.15) is 5.69 Å². The molecule has 0 saturated carbocycles. The van der Waals surface area contributed by atoms with Crippen molar-refractivity contribution in [3.8, 4) is 0 Å². The van der Waals surface area contributed by atoms with Crippen LogP contribution in [0.1, 0.15) is 5.56 Å². The van der Waals surface area contributed by atoms with Crippen LogP contribution in [0.3, 0.4) is 0 Å². The van der Waals surface area contributed by atoms with E-state index in [-0.39, 0.29) is 32.3 Å². The molecule has 29 heavy (non-hydrogen) atoms. The molecule has 0 saturated heterocycles. The summed E-state index contributed by atoms with van der Waals surface area (Å²) in [6.45, 7) is 0. The average Bonchev–Trinajstić information content (AvgIpc) is 3.04. The summed E-state index contributed by atoms with van der Waals surface area (Å²) >= 11 is 12.3. The third-order valence-electron chi connectivity index (χ3n) is 3.52. The van der Waals surface area contributed by atoms with Gasteiger partial charge in [-0.15, -0.1) is 10.2 Å². The minimum atomic E-state index is -4.63. The topological polar surface area (TPSA) is 102 Å². The van der Waals surface area contributed by atoms with Gasteiger partial charge in [-0.3, -0.25) is 19.3 Å². The summed E-state index contributed by atoms with van der Waals surface area (Å²) in [5.74, 6) is -0.940. The summed E-state index contributed by atoms with van der Waals surface area (Å²) in [5.41, 5.74) is -1.47. The molecule has 0 radical (unpaired) electrons. The summed E-state index contributed by atoms with van der Waals surface area (Å²) in [5, 5.41) is 20.7. The van der Waals surface area contributed by atoms with E-state index in [9.17, 15) is 28.1 Å². The minimum absolute atomic E-state index is 0.00378. The molecule has 0 fully saturated rings. The third-order valence-corrected chi connectivity index (χ3v) is 4.98. The fourth-order valence-electron chi connectivity index (χ4n) is 2.27. The van der Waals surface area contributed by atoms with E-state index in [1.165, 1.54) is 12.1 Å². The lowest BCUT2D eigenvalue weighted by atomic mass is 10.2. The second kappa shape index (κ2) is 8.05. The molecule has 1 aromatic carbocycles. The number of nitro benzene ring substituents is 1. The number of halogens is 5. The van der Waals surface area contributed by atoms with Crippen LogP contribution in [0.4, 0.5) is 24.5 Å². The van der Waals surface area contributed by atoms with Gasteiger partial charge >= 0.3 is 6.18 Å². The van der Waals surface area contributed by atoms with Gasteiger partial charge in [0, 0.05) is 17.3 Å². The van der Waals surface area contributed by atoms with E-state index < -0.39 is 28.3 Å². The van der Waals surface area contributed by atoms with E-state index in [2.05, 4.69) is 15.5 Å². The molecule has 0 spiro atoms. The molecule has 8 nitrogen and oxygen atoms in total. The van der Waals surface area contributed by atoms with Crippen molar-refractivity contribution in [1.29, 1.82) is 0 Å². The molecule has 3 aromatic rings. The van der Waals surface area contributed by atoms with Crippen LogP contribution >= 0.6 is 35.0 Å². The number of nitrogens with zero attached hydrogens (tertiary/aromatic N) is 4. The molecule has 14 heteroatoms. The standard InChI is InChI=1S/C15H8Cl2F3N5O3S/c16-8-1-2-10(11(4-8)25(27)28)21-12(26)6-29-14-23-22-13-9(17)3-7(5-24(13)14)15(18,19)20/h1-5H,6H2,(H,21,26). The Hall–Kier alpha value is -2.57. The Morgan fingerprint density at radius 3 is 2.66 bits per heavy atom. The zero-order chi connectivity index (χ0) is 21.3. The number of aromatic nitrogens is 3. The van der Waals surface area contributed by atoms with Crippen LogP contribution in [0, 0.1) is 10.1 Å². The first kappa shape index (κ1) is 21.1. The lowest BCUT2D eigenvalue weighted by Gasteiger charge is -2.09. The SMILES string of the molecule is O=C(CSc1nnc2c(Cl)cc(C(F)(F)F)cn12)Nc1ccc(Cl)cc1[N+](=O)[O-]. The number of fused-ring (bicyclic) bond motifs is 1. The van der Waals surface area contributed by atoms with Crippen LogP contribution in [-0.2, 0) is 11.0 Å². The third kappa shape index (κ3) is 4.71.